The van der Waals surface area contributed by atoms with Crippen LogP contribution in [0.2, 0.25) is 5.82 Å². The van der Waals surface area contributed by atoms with Crippen LogP contribution in [0.4, 0.5) is 0 Å². The van der Waals surface area contributed by atoms with Gasteiger partial charge in [-0.1, -0.05) is 0 Å². The average Bonchev–Trinajstić information content (AvgIpc) is 3.45. The summed E-state index contributed by atoms with van der Waals surface area (Å²) in [5, 5.41) is 0. The Hall–Kier alpha value is -3.43. The minimum atomic E-state index is -2.91. The molecule has 0 unspecified atom stereocenters. The van der Waals surface area contributed by atoms with Crippen LogP contribution in [0, 0.1) is 6.92 Å². The van der Waals surface area contributed by atoms with Gasteiger partial charge in [0.15, 0.2) is 0 Å². The molecule has 0 aliphatic carbocycles. The fourth-order valence-corrected chi connectivity index (χ4v) is 7.54. The molecule has 3 aromatic carbocycles. The van der Waals surface area contributed by atoms with E-state index in [4.69, 9.17) is 23.5 Å². The molecule has 45 heavy (non-hydrogen) atoms. The van der Waals surface area contributed by atoms with Gasteiger partial charge in [-0.15, -0.1) is 0 Å². The number of nitrogens with zero attached hydrogens (tertiary/aromatic N) is 1. The Morgan fingerprint density at radius 2 is 1.49 bits per heavy atom. The normalized spacial score (nSPS) is 19.6. The van der Waals surface area contributed by atoms with Gasteiger partial charge in [-0.2, -0.15) is 0 Å². The van der Waals surface area contributed by atoms with Gasteiger partial charge >= 0.3 is 254 Å². The van der Waals surface area contributed by atoms with Crippen LogP contribution in [-0.2, 0) is 24.2 Å². The van der Waals surface area contributed by atoms with Gasteiger partial charge in [0, 0.05) is 0 Å². The van der Waals surface area contributed by atoms with Gasteiger partial charge in [-0.05, 0) is 0 Å². The molecule has 1 saturated heterocycles. The first-order valence-electron chi connectivity index (χ1n) is 14.4. The molecule has 12 heteroatoms. The van der Waals surface area contributed by atoms with Crippen molar-refractivity contribution >= 4 is 20.6 Å². The van der Waals surface area contributed by atoms with Crippen molar-refractivity contribution < 1.29 is 28.0 Å². The van der Waals surface area contributed by atoms with E-state index in [0.29, 0.717) is 17.1 Å². The second-order valence-corrected chi connectivity index (χ2v) is 19.3. The van der Waals surface area contributed by atoms with Crippen LogP contribution in [0.25, 0.3) is 0 Å². The Labute approximate surface area is 267 Å². The predicted octanol–water partition coefficient (Wildman–Crippen LogP) is 5.12. The molecule has 0 spiro atoms. The van der Waals surface area contributed by atoms with Crippen LogP contribution < -0.4 is 20.7 Å². The van der Waals surface area contributed by atoms with E-state index in [-0.39, 0.29) is 27.5 Å². The first-order chi connectivity index (χ1) is 21.6. The Kier molecular flexibility index (Phi) is 10.2. The molecule has 0 radical (unpaired) electrons. The number of rotatable bonds is 12. The quantitative estimate of drug-likeness (QED) is 0.123. The molecule has 0 amide bonds. The first-order valence-corrected chi connectivity index (χ1v) is 20.4. The number of H-pyrrole nitrogens is 1. The average molecular weight is 700 g/mol. The van der Waals surface area contributed by atoms with Crippen molar-refractivity contribution in [3.63, 3.8) is 0 Å². The Morgan fingerprint density at radius 3 is 2.02 bits per heavy atom. The topological polar surface area (TPSA) is 118 Å². The Morgan fingerprint density at radius 1 is 0.933 bits per heavy atom. The second kappa shape index (κ2) is 13.9. The third-order valence-corrected chi connectivity index (χ3v) is 14.0. The zero-order chi connectivity index (χ0) is 32.2. The molecule has 0 saturated carbocycles. The molecule has 4 aromatic rings. The van der Waals surface area contributed by atoms with E-state index in [2.05, 4.69) is 4.98 Å². The molecule has 1 aliphatic rings. The molecule has 1 aromatic heterocycles. The molecular formula is C33H37N2O8PSe. The molecule has 1 aliphatic heterocycles. The number of hydrogen-bond acceptors (Lipinski definition) is 8. The summed E-state index contributed by atoms with van der Waals surface area (Å²) in [7, 11) is 3.24. The number of benzene rings is 3. The third-order valence-electron chi connectivity index (χ3n) is 7.93. The van der Waals surface area contributed by atoms with Crippen LogP contribution in [0.15, 0.2) is 94.6 Å². The first kappa shape index (κ1) is 32.9. The van der Waals surface area contributed by atoms with Crippen molar-refractivity contribution in [2.45, 2.75) is 43.2 Å². The summed E-state index contributed by atoms with van der Waals surface area (Å²) >= 11 is -0.262. The molecular weight excluding hydrogens is 662 g/mol. The predicted molar refractivity (Wildman–Crippen MR) is 173 cm³/mol. The number of aromatic amines is 1. The summed E-state index contributed by atoms with van der Waals surface area (Å²) in [4.78, 5) is 27.2. The number of methoxy groups -OCH3 is 2. The van der Waals surface area contributed by atoms with Crippen molar-refractivity contribution in [1.82, 2.24) is 9.55 Å². The van der Waals surface area contributed by atoms with E-state index in [1.807, 2.05) is 84.7 Å². The van der Waals surface area contributed by atoms with Crippen LogP contribution in [0.3, 0.4) is 0 Å². The molecule has 4 atom stereocenters. The van der Waals surface area contributed by atoms with Gasteiger partial charge in [-0.25, -0.2) is 0 Å². The maximum atomic E-state index is 13.2. The number of hydrogen-bond donors (Lipinski definition) is 1. The summed E-state index contributed by atoms with van der Waals surface area (Å²) in [5.74, 6) is 3.27. The van der Waals surface area contributed by atoms with Crippen LogP contribution >= 0.6 is 6.06 Å². The standard InChI is InChI=1S/C33H37N2O8PSe/c1-22-20-35(32(37)34-31(22)36)30-19-28(43-44(4,38)45-5)29(42-30)21-41-33(23-9-7-6-8-10-23,24-11-15-26(39-2)16-12-24)25-13-17-27(40-3)18-14-25/h6-18,20,28-30H,19,21H2,1-5H3,(H,34,36,37)/t28-,29+,30+,44+/m0/s1. The summed E-state index contributed by atoms with van der Waals surface area (Å²) < 4.78 is 45.2. The third kappa shape index (κ3) is 7.04. The number of ether oxygens (including phenoxy) is 4. The van der Waals surface area contributed by atoms with Gasteiger partial charge in [0.25, 0.3) is 0 Å². The van der Waals surface area contributed by atoms with E-state index < -0.39 is 41.3 Å². The monoisotopic (exact) mass is 700 g/mol. The number of nitrogens with one attached hydrogen (secondary N) is 1. The summed E-state index contributed by atoms with van der Waals surface area (Å²) in [5.41, 5.74) is 0.774. The Balaban J connectivity index is 1.59. The van der Waals surface area contributed by atoms with E-state index in [1.165, 1.54) is 10.8 Å². The van der Waals surface area contributed by atoms with E-state index in [1.54, 1.807) is 27.8 Å². The van der Waals surface area contributed by atoms with Crippen molar-refractivity contribution in [1.29, 1.82) is 0 Å². The maximum absolute atomic E-state index is 13.2. The SMILES string of the molecule is COc1ccc(C(OC[C@H]2O[C@@H](n3cc(C)c(=O)[nH]c3=O)C[C@@H]2O[P@@](C)(=O)[Se]C)(c2ccccc2)c2ccc(OC)cc2)cc1. The Bertz CT molecular complexity index is 1710. The van der Waals surface area contributed by atoms with E-state index in [9.17, 15) is 14.2 Å². The van der Waals surface area contributed by atoms with Crippen LogP contribution in [0.5, 0.6) is 11.5 Å². The van der Waals surface area contributed by atoms with Crippen molar-refractivity contribution in [3.05, 3.63) is 128 Å². The fraction of sp³-hybridized carbons (Fsp3) is 0.333. The molecule has 1 fully saturated rings. The second-order valence-electron chi connectivity index (χ2n) is 10.8. The zero-order valence-corrected chi connectivity index (χ0v) is 28.4. The molecule has 0 bridgehead atoms. The van der Waals surface area contributed by atoms with Gasteiger partial charge in [-0.3, -0.25) is 0 Å². The van der Waals surface area contributed by atoms with E-state index >= 15 is 0 Å². The molecule has 10 nitrogen and oxygen atoms in total. The molecule has 5 rings (SSSR count). The van der Waals surface area contributed by atoms with Crippen LogP contribution in [-0.4, -0.2) is 63.8 Å². The van der Waals surface area contributed by atoms with Gasteiger partial charge in [0.1, 0.15) is 0 Å². The summed E-state index contributed by atoms with van der Waals surface area (Å²) in [6.07, 6.45) is -0.360. The van der Waals surface area contributed by atoms with E-state index in [0.717, 1.165) is 16.7 Å². The van der Waals surface area contributed by atoms with Gasteiger partial charge in [0.2, 0.25) is 0 Å². The van der Waals surface area contributed by atoms with Gasteiger partial charge < -0.3 is 0 Å². The molecule has 238 valence electrons. The molecule has 1 N–H and O–H groups in total. The van der Waals surface area contributed by atoms with Crippen molar-refractivity contribution in [2.24, 2.45) is 0 Å². The minimum absolute atomic E-state index is 0.0297. The van der Waals surface area contributed by atoms with Crippen molar-refractivity contribution in [3.8, 4) is 11.5 Å². The summed E-state index contributed by atoms with van der Waals surface area (Å²) in [6, 6.07) is 22.3. The number of aryl methyl sites for hydroxylation is 1. The number of aromatic nitrogens is 2. The van der Waals surface area contributed by atoms with Crippen LogP contribution in [0.1, 0.15) is 34.9 Å². The van der Waals surface area contributed by atoms with Gasteiger partial charge in [0.05, 0.1) is 14.2 Å². The molecule has 2 heterocycles. The van der Waals surface area contributed by atoms with Crippen molar-refractivity contribution in [2.75, 3.05) is 27.5 Å². The fourth-order valence-electron chi connectivity index (χ4n) is 5.50. The summed E-state index contributed by atoms with van der Waals surface area (Å²) in [6.45, 7) is 3.27. The zero-order valence-electron chi connectivity index (χ0n) is 25.8.